The third-order valence-electron chi connectivity index (χ3n) is 5.60. The van der Waals surface area contributed by atoms with Crippen molar-refractivity contribution in [2.45, 2.75) is 60.9 Å². The Morgan fingerprint density at radius 1 is 1.00 bits per heavy atom. The fourth-order valence-corrected chi connectivity index (χ4v) is 4.76. The number of carbonyl (C=O) groups excluding carboxylic acids is 1. The van der Waals surface area contributed by atoms with Crippen LogP contribution in [0.1, 0.15) is 60.7 Å². The molecule has 0 saturated heterocycles. The fraction of sp³-hybridized carbons (Fsp3) is 0.409. The average Bonchev–Trinajstić information content (AvgIpc) is 3.52. The van der Waals surface area contributed by atoms with E-state index in [2.05, 4.69) is 25.4 Å². The SMILES string of the molecule is O=C(NC1CCC(Sc2ncccn2)CC1)c1ccc(-c2noc(C3CC3)n2)cc1. The predicted molar refractivity (Wildman–Crippen MR) is 113 cm³/mol. The van der Waals surface area contributed by atoms with Gasteiger partial charge in [-0.2, -0.15) is 4.98 Å². The van der Waals surface area contributed by atoms with Gasteiger partial charge < -0.3 is 9.84 Å². The molecular weight excluding hydrogens is 398 g/mol. The van der Waals surface area contributed by atoms with Gasteiger partial charge in [-0.1, -0.05) is 29.1 Å². The molecule has 8 heteroatoms. The number of hydrogen-bond donors (Lipinski definition) is 1. The maximum atomic E-state index is 12.6. The fourth-order valence-electron chi connectivity index (χ4n) is 3.71. The molecule has 0 spiro atoms. The molecule has 2 saturated carbocycles. The number of nitrogens with one attached hydrogen (secondary N) is 1. The van der Waals surface area contributed by atoms with E-state index in [1.54, 1.807) is 24.2 Å². The number of nitrogens with zero attached hydrogens (tertiary/aromatic N) is 4. The van der Waals surface area contributed by atoms with Crippen LogP contribution in [-0.4, -0.2) is 37.3 Å². The summed E-state index contributed by atoms with van der Waals surface area (Å²) < 4.78 is 5.32. The van der Waals surface area contributed by atoms with Gasteiger partial charge in [-0.25, -0.2) is 9.97 Å². The van der Waals surface area contributed by atoms with Gasteiger partial charge in [0.2, 0.25) is 11.7 Å². The van der Waals surface area contributed by atoms with Crippen LogP contribution in [0.15, 0.2) is 52.4 Å². The average molecular weight is 422 g/mol. The van der Waals surface area contributed by atoms with E-state index in [0.29, 0.717) is 22.6 Å². The number of benzene rings is 1. The molecule has 2 fully saturated rings. The molecule has 2 aliphatic carbocycles. The van der Waals surface area contributed by atoms with Crippen molar-refractivity contribution < 1.29 is 9.32 Å². The summed E-state index contributed by atoms with van der Waals surface area (Å²) in [5.74, 6) is 1.71. The topological polar surface area (TPSA) is 93.8 Å². The van der Waals surface area contributed by atoms with E-state index in [4.69, 9.17) is 4.52 Å². The molecule has 0 unspecified atom stereocenters. The summed E-state index contributed by atoms with van der Waals surface area (Å²) in [7, 11) is 0. The minimum absolute atomic E-state index is 0.0316. The van der Waals surface area contributed by atoms with Gasteiger partial charge in [-0.3, -0.25) is 4.79 Å². The van der Waals surface area contributed by atoms with E-state index in [1.807, 2.05) is 30.3 Å². The molecule has 0 bridgehead atoms. The normalized spacial score (nSPS) is 21.3. The molecule has 154 valence electrons. The molecule has 0 radical (unpaired) electrons. The lowest BCUT2D eigenvalue weighted by atomic mass is 9.94. The highest BCUT2D eigenvalue weighted by Crippen LogP contribution is 2.39. The summed E-state index contributed by atoms with van der Waals surface area (Å²) in [6.07, 6.45) is 9.85. The van der Waals surface area contributed by atoms with Gasteiger partial charge in [-0.05, 0) is 56.7 Å². The molecule has 1 N–H and O–H groups in total. The third kappa shape index (κ3) is 4.53. The van der Waals surface area contributed by atoms with Crippen molar-refractivity contribution in [3.63, 3.8) is 0 Å². The summed E-state index contributed by atoms with van der Waals surface area (Å²) in [6, 6.07) is 9.45. The van der Waals surface area contributed by atoms with Crippen LogP contribution in [0, 0.1) is 0 Å². The van der Waals surface area contributed by atoms with E-state index in [0.717, 1.165) is 55.1 Å². The highest BCUT2D eigenvalue weighted by molar-refractivity contribution is 7.99. The second-order valence-electron chi connectivity index (χ2n) is 7.90. The standard InChI is InChI=1S/C22H23N5O2S/c28-20(25-17-8-10-18(11-9-17)30-22-23-12-1-13-24-22)15-4-2-14(3-5-15)19-26-21(29-27-19)16-6-7-16/h1-5,12-13,16-18H,6-11H2,(H,25,28). The summed E-state index contributed by atoms with van der Waals surface area (Å²) in [5.41, 5.74) is 1.52. The highest BCUT2D eigenvalue weighted by atomic mass is 32.2. The van der Waals surface area contributed by atoms with E-state index >= 15 is 0 Å². The number of amides is 1. The minimum Gasteiger partial charge on any atom is -0.349 e. The summed E-state index contributed by atoms with van der Waals surface area (Å²) >= 11 is 1.73. The maximum Gasteiger partial charge on any atom is 0.251 e. The van der Waals surface area contributed by atoms with Crippen molar-refractivity contribution >= 4 is 17.7 Å². The van der Waals surface area contributed by atoms with E-state index < -0.39 is 0 Å². The zero-order valence-corrected chi connectivity index (χ0v) is 17.3. The van der Waals surface area contributed by atoms with Crippen LogP contribution in [-0.2, 0) is 0 Å². The second kappa shape index (κ2) is 8.55. The number of thioether (sulfide) groups is 1. The third-order valence-corrected chi connectivity index (χ3v) is 6.82. The van der Waals surface area contributed by atoms with Gasteiger partial charge in [-0.15, -0.1) is 0 Å². The van der Waals surface area contributed by atoms with E-state index in [9.17, 15) is 4.79 Å². The molecule has 3 aromatic rings. The van der Waals surface area contributed by atoms with Crippen molar-refractivity contribution in [2.75, 3.05) is 0 Å². The Bertz CT molecular complexity index is 996. The van der Waals surface area contributed by atoms with Crippen LogP contribution >= 0.6 is 11.8 Å². The largest absolute Gasteiger partial charge is 0.349 e. The van der Waals surface area contributed by atoms with Gasteiger partial charge in [0.05, 0.1) is 0 Å². The Labute approximate surface area is 179 Å². The predicted octanol–water partition coefficient (Wildman–Crippen LogP) is 4.24. The van der Waals surface area contributed by atoms with Crippen LogP contribution in [0.5, 0.6) is 0 Å². The van der Waals surface area contributed by atoms with Gasteiger partial charge in [0.25, 0.3) is 5.91 Å². The minimum atomic E-state index is -0.0316. The Morgan fingerprint density at radius 3 is 2.43 bits per heavy atom. The van der Waals surface area contributed by atoms with Crippen molar-refractivity contribution in [1.29, 1.82) is 0 Å². The molecule has 0 atom stereocenters. The van der Waals surface area contributed by atoms with E-state index in [-0.39, 0.29) is 11.9 Å². The lowest BCUT2D eigenvalue weighted by Gasteiger charge is -2.28. The molecule has 1 amide bonds. The first-order chi connectivity index (χ1) is 14.7. The first kappa shape index (κ1) is 19.2. The van der Waals surface area contributed by atoms with Crippen molar-refractivity contribution in [1.82, 2.24) is 25.4 Å². The molecule has 30 heavy (non-hydrogen) atoms. The van der Waals surface area contributed by atoms with Gasteiger partial charge in [0.15, 0.2) is 5.16 Å². The van der Waals surface area contributed by atoms with Crippen molar-refractivity contribution in [2.24, 2.45) is 0 Å². The van der Waals surface area contributed by atoms with Gasteiger partial charge in [0, 0.05) is 40.7 Å². The van der Waals surface area contributed by atoms with Crippen LogP contribution in [0.4, 0.5) is 0 Å². The quantitative estimate of drug-likeness (QED) is 0.595. The monoisotopic (exact) mass is 421 g/mol. The van der Waals surface area contributed by atoms with Crippen molar-refractivity contribution in [3.05, 3.63) is 54.2 Å². The Morgan fingerprint density at radius 2 is 1.73 bits per heavy atom. The number of hydrogen-bond acceptors (Lipinski definition) is 7. The molecular formula is C22H23N5O2S. The lowest BCUT2D eigenvalue weighted by Crippen LogP contribution is -2.38. The number of rotatable bonds is 6. The Hall–Kier alpha value is -2.74. The molecule has 2 aromatic heterocycles. The summed E-state index contributed by atoms with van der Waals surface area (Å²) in [5, 5.41) is 8.57. The smallest absolute Gasteiger partial charge is 0.251 e. The van der Waals surface area contributed by atoms with Gasteiger partial charge >= 0.3 is 0 Å². The molecule has 2 aliphatic rings. The summed E-state index contributed by atoms with van der Waals surface area (Å²) in [4.78, 5) is 25.7. The molecule has 1 aromatic carbocycles. The van der Waals surface area contributed by atoms with Crippen LogP contribution in [0.3, 0.4) is 0 Å². The molecule has 5 rings (SSSR count). The van der Waals surface area contributed by atoms with Crippen LogP contribution in [0.25, 0.3) is 11.4 Å². The molecule has 0 aliphatic heterocycles. The van der Waals surface area contributed by atoms with Crippen LogP contribution in [0.2, 0.25) is 0 Å². The zero-order chi connectivity index (χ0) is 20.3. The van der Waals surface area contributed by atoms with Gasteiger partial charge in [0.1, 0.15) is 0 Å². The second-order valence-corrected chi connectivity index (χ2v) is 9.17. The van der Waals surface area contributed by atoms with E-state index in [1.165, 1.54) is 0 Å². The molecule has 2 heterocycles. The summed E-state index contributed by atoms with van der Waals surface area (Å²) in [6.45, 7) is 0. The zero-order valence-electron chi connectivity index (χ0n) is 16.5. The number of carbonyl (C=O) groups is 1. The maximum absolute atomic E-state index is 12.6. The van der Waals surface area contributed by atoms with Crippen LogP contribution < -0.4 is 5.32 Å². The van der Waals surface area contributed by atoms with Crippen molar-refractivity contribution in [3.8, 4) is 11.4 Å². The first-order valence-electron chi connectivity index (χ1n) is 10.4. The highest BCUT2D eigenvalue weighted by Gasteiger charge is 2.30. The number of aromatic nitrogens is 4. The Balaban J connectivity index is 1.13. The Kier molecular flexibility index (Phi) is 5.48. The first-order valence-corrected chi connectivity index (χ1v) is 11.3. The lowest BCUT2D eigenvalue weighted by molar-refractivity contribution is 0.0928. The molecule has 7 nitrogen and oxygen atoms in total.